The van der Waals surface area contributed by atoms with Gasteiger partial charge >= 0.3 is 5.97 Å². The van der Waals surface area contributed by atoms with Crippen molar-refractivity contribution in [3.63, 3.8) is 0 Å². The van der Waals surface area contributed by atoms with Gasteiger partial charge in [-0.25, -0.2) is 0 Å². The van der Waals surface area contributed by atoms with Crippen molar-refractivity contribution in [3.8, 4) is 5.75 Å². The lowest BCUT2D eigenvalue weighted by molar-refractivity contribution is -0.136. The quantitative estimate of drug-likeness (QED) is 0.369. The number of anilines is 1. The third-order valence-electron chi connectivity index (χ3n) is 7.92. The fraction of sp³-hybridized carbons (Fsp3) is 0.452. The molecule has 0 bridgehead atoms. The van der Waals surface area contributed by atoms with Gasteiger partial charge in [0.25, 0.3) is 0 Å². The van der Waals surface area contributed by atoms with Crippen LogP contribution in [0.25, 0.3) is 10.8 Å². The van der Waals surface area contributed by atoms with Gasteiger partial charge in [-0.15, -0.1) is 0 Å². The van der Waals surface area contributed by atoms with E-state index in [0.29, 0.717) is 18.6 Å². The monoisotopic (exact) mass is 486 g/mol. The Morgan fingerprint density at radius 1 is 1.06 bits per heavy atom. The van der Waals surface area contributed by atoms with Crippen LogP contribution < -0.4 is 15.0 Å². The summed E-state index contributed by atoms with van der Waals surface area (Å²) in [6.07, 6.45) is 7.35. The first-order chi connectivity index (χ1) is 17.6. The first kappa shape index (κ1) is 24.6. The molecule has 3 aromatic carbocycles. The van der Waals surface area contributed by atoms with Gasteiger partial charge in [0.2, 0.25) is 0 Å². The van der Waals surface area contributed by atoms with Crippen LogP contribution in [-0.4, -0.2) is 36.8 Å². The zero-order valence-electron chi connectivity index (χ0n) is 21.3. The number of aliphatic carboxylic acids is 1. The van der Waals surface area contributed by atoms with E-state index >= 15 is 0 Å². The number of nitrogens with one attached hydrogen (secondary N) is 1. The standard InChI is InChI=1S/C31H38N2O3/c1-22(28-13-7-11-24-10-5-6-12-29(24)28)32-26-16-17-33(20-26)27-15-14-25(18-31(34)35)30(19-27)36-21-23-8-3-2-4-9-23/h5-7,10-15,19,22-23,26,32H,2-4,8-9,16-18,20-21H2,1H3,(H,34,35)/t22-,26+/m1/s1. The van der Waals surface area contributed by atoms with Crippen molar-refractivity contribution >= 4 is 22.4 Å². The molecule has 36 heavy (non-hydrogen) atoms. The maximum Gasteiger partial charge on any atom is 0.307 e. The average molecular weight is 487 g/mol. The van der Waals surface area contributed by atoms with Crippen LogP contribution in [0, 0.1) is 5.92 Å². The number of rotatable bonds is 9. The largest absolute Gasteiger partial charge is 0.493 e. The Morgan fingerprint density at radius 2 is 1.86 bits per heavy atom. The van der Waals surface area contributed by atoms with Crippen LogP contribution in [0.1, 0.15) is 62.6 Å². The van der Waals surface area contributed by atoms with Crippen molar-refractivity contribution in [2.45, 2.75) is 64.0 Å². The van der Waals surface area contributed by atoms with Crippen LogP contribution in [0.2, 0.25) is 0 Å². The van der Waals surface area contributed by atoms with E-state index in [4.69, 9.17) is 4.74 Å². The van der Waals surface area contributed by atoms with E-state index < -0.39 is 5.97 Å². The number of ether oxygens (including phenoxy) is 1. The molecule has 0 aromatic heterocycles. The summed E-state index contributed by atoms with van der Waals surface area (Å²) >= 11 is 0. The highest BCUT2D eigenvalue weighted by atomic mass is 16.5. The topological polar surface area (TPSA) is 61.8 Å². The Balaban J connectivity index is 1.26. The molecule has 0 spiro atoms. The highest BCUT2D eigenvalue weighted by molar-refractivity contribution is 5.86. The average Bonchev–Trinajstić information content (AvgIpc) is 3.36. The summed E-state index contributed by atoms with van der Waals surface area (Å²) < 4.78 is 6.26. The normalized spacial score (nSPS) is 19.5. The van der Waals surface area contributed by atoms with Crippen molar-refractivity contribution in [2.24, 2.45) is 5.92 Å². The number of hydrogen-bond donors (Lipinski definition) is 2. The Kier molecular flexibility index (Phi) is 7.76. The van der Waals surface area contributed by atoms with E-state index in [1.54, 1.807) is 0 Å². The van der Waals surface area contributed by atoms with Crippen LogP contribution in [0.15, 0.2) is 60.7 Å². The summed E-state index contributed by atoms with van der Waals surface area (Å²) in [6.45, 7) is 4.83. The molecular formula is C31H38N2O3. The maximum atomic E-state index is 11.4. The highest BCUT2D eigenvalue weighted by Crippen LogP contribution is 2.32. The zero-order valence-corrected chi connectivity index (χ0v) is 21.3. The van der Waals surface area contributed by atoms with E-state index in [0.717, 1.165) is 36.5 Å². The predicted octanol–water partition coefficient (Wildman–Crippen LogP) is 6.36. The number of nitrogens with zero attached hydrogens (tertiary/aromatic N) is 1. The minimum Gasteiger partial charge on any atom is -0.493 e. The van der Waals surface area contributed by atoms with Crippen molar-refractivity contribution in [2.75, 3.05) is 24.6 Å². The lowest BCUT2D eigenvalue weighted by atomic mass is 9.90. The molecule has 0 unspecified atom stereocenters. The zero-order chi connectivity index (χ0) is 24.9. The highest BCUT2D eigenvalue weighted by Gasteiger charge is 2.26. The van der Waals surface area contributed by atoms with Crippen LogP contribution in [0.5, 0.6) is 5.75 Å². The fourth-order valence-corrected chi connectivity index (χ4v) is 5.95. The lowest BCUT2D eigenvalue weighted by Gasteiger charge is -2.25. The molecule has 1 saturated heterocycles. The van der Waals surface area contributed by atoms with E-state index in [2.05, 4.69) is 71.7 Å². The first-order valence-corrected chi connectivity index (χ1v) is 13.5. The molecule has 5 rings (SSSR count). The van der Waals surface area contributed by atoms with Gasteiger partial charge in [-0.1, -0.05) is 67.8 Å². The van der Waals surface area contributed by atoms with E-state index in [-0.39, 0.29) is 12.5 Å². The van der Waals surface area contributed by atoms with Gasteiger partial charge in [-0.2, -0.15) is 0 Å². The van der Waals surface area contributed by atoms with Gasteiger partial charge in [0.15, 0.2) is 0 Å². The third kappa shape index (κ3) is 5.84. The molecule has 5 nitrogen and oxygen atoms in total. The summed E-state index contributed by atoms with van der Waals surface area (Å²) in [5.74, 6) is 0.495. The number of fused-ring (bicyclic) bond motifs is 1. The Hall–Kier alpha value is -3.05. The third-order valence-corrected chi connectivity index (χ3v) is 7.92. The SMILES string of the molecule is C[C@@H](N[C@H]1CCN(c2ccc(CC(=O)O)c(OCC3CCCCC3)c2)C1)c1cccc2ccccc12. The lowest BCUT2D eigenvalue weighted by Crippen LogP contribution is -2.34. The van der Waals surface area contributed by atoms with Crippen molar-refractivity contribution < 1.29 is 14.6 Å². The molecule has 2 N–H and O–H groups in total. The second kappa shape index (κ2) is 11.3. The Morgan fingerprint density at radius 3 is 2.69 bits per heavy atom. The van der Waals surface area contributed by atoms with Crippen LogP contribution >= 0.6 is 0 Å². The molecule has 1 heterocycles. The van der Waals surface area contributed by atoms with E-state index in [1.807, 2.05) is 6.07 Å². The molecule has 0 amide bonds. The molecule has 3 aromatic rings. The van der Waals surface area contributed by atoms with E-state index in [1.165, 1.54) is 48.4 Å². The second-order valence-corrected chi connectivity index (χ2v) is 10.6. The van der Waals surface area contributed by atoms with Gasteiger partial charge in [-0.3, -0.25) is 4.79 Å². The van der Waals surface area contributed by atoms with E-state index in [9.17, 15) is 9.90 Å². The molecule has 1 aliphatic heterocycles. The summed E-state index contributed by atoms with van der Waals surface area (Å²) in [5.41, 5.74) is 3.22. The molecule has 2 aliphatic rings. The summed E-state index contributed by atoms with van der Waals surface area (Å²) in [5, 5.41) is 15.8. The van der Waals surface area contributed by atoms with Gasteiger partial charge in [0, 0.05) is 42.5 Å². The van der Waals surface area contributed by atoms with Crippen LogP contribution in [0.3, 0.4) is 0 Å². The molecule has 1 saturated carbocycles. The maximum absolute atomic E-state index is 11.4. The van der Waals surface area contributed by atoms with Crippen LogP contribution in [0.4, 0.5) is 5.69 Å². The van der Waals surface area contributed by atoms with Crippen LogP contribution in [-0.2, 0) is 11.2 Å². The Bertz CT molecular complexity index is 1180. The molecular weight excluding hydrogens is 448 g/mol. The molecule has 190 valence electrons. The number of benzene rings is 3. The summed E-state index contributed by atoms with van der Waals surface area (Å²) in [7, 11) is 0. The Labute approximate surface area is 214 Å². The van der Waals surface area contributed by atoms with Gasteiger partial charge < -0.3 is 20.1 Å². The van der Waals surface area contributed by atoms with Gasteiger partial charge in [0.1, 0.15) is 5.75 Å². The number of carboxylic acid groups (broad SMARTS) is 1. The van der Waals surface area contributed by atoms with Crippen molar-refractivity contribution in [1.82, 2.24) is 5.32 Å². The number of carboxylic acids is 1. The molecule has 1 aliphatic carbocycles. The minimum absolute atomic E-state index is 0.00694. The van der Waals surface area contributed by atoms with Crippen molar-refractivity contribution in [3.05, 3.63) is 71.8 Å². The predicted molar refractivity (Wildman–Crippen MR) is 146 cm³/mol. The molecule has 0 radical (unpaired) electrons. The summed E-state index contributed by atoms with van der Waals surface area (Å²) in [6, 6.07) is 21.8. The second-order valence-electron chi connectivity index (χ2n) is 10.6. The molecule has 2 atom stereocenters. The smallest absolute Gasteiger partial charge is 0.307 e. The molecule has 5 heteroatoms. The minimum atomic E-state index is -0.821. The number of carbonyl (C=O) groups is 1. The number of hydrogen-bond acceptors (Lipinski definition) is 4. The summed E-state index contributed by atoms with van der Waals surface area (Å²) in [4.78, 5) is 13.8. The molecule has 2 fully saturated rings. The fourth-order valence-electron chi connectivity index (χ4n) is 5.95. The first-order valence-electron chi connectivity index (χ1n) is 13.5. The van der Waals surface area contributed by atoms with Gasteiger partial charge in [-0.05, 0) is 54.5 Å². The van der Waals surface area contributed by atoms with Crippen molar-refractivity contribution in [1.29, 1.82) is 0 Å². The van der Waals surface area contributed by atoms with Gasteiger partial charge in [0.05, 0.1) is 13.0 Å².